The Morgan fingerprint density at radius 3 is 2.50 bits per heavy atom. The number of benzene rings is 2. The number of rotatable bonds is 4. The molecule has 1 saturated heterocycles. The number of alkyl halides is 3. The summed E-state index contributed by atoms with van der Waals surface area (Å²) in [7, 11) is 0. The molecule has 3 rings (SSSR count). The molecular formula is C19H15ClF4N2O4. The first kappa shape index (κ1) is 21.8. The van der Waals surface area contributed by atoms with Gasteiger partial charge in [-0.05, 0) is 48.0 Å². The number of aliphatic hydroxyl groups is 1. The van der Waals surface area contributed by atoms with Crippen LogP contribution in [0, 0.1) is 5.82 Å². The van der Waals surface area contributed by atoms with Crippen LogP contribution < -0.4 is 10.2 Å². The highest BCUT2D eigenvalue weighted by Crippen LogP contribution is 2.33. The van der Waals surface area contributed by atoms with E-state index in [1.165, 1.54) is 6.07 Å². The van der Waals surface area contributed by atoms with E-state index < -0.39 is 35.3 Å². The van der Waals surface area contributed by atoms with E-state index in [1.54, 1.807) is 0 Å². The average molecular weight is 447 g/mol. The van der Waals surface area contributed by atoms with E-state index in [9.17, 15) is 32.3 Å². The summed E-state index contributed by atoms with van der Waals surface area (Å²) in [6, 6.07) is 7.40. The van der Waals surface area contributed by atoms with Crippen molar-refractivity contribution in [3.8, 4) is 0 Å². The third kappa shape index (κ3) is 4.82. The summed E-state index contributed by atoms with van der Waals surface area (Å²) in [4.78, 5) is 25.5. The van der Waals surface area contributed by atoms with Crippen LogP contribution in [0.4, 0.5) is 28.0 Å². The smallest absolute Gasteiger partial charge is 0.407 e. The van der Waals surface area contributed by atoms with Crippen LogP contribution >= 0.6 is 11.6 Å². The van der Waals surface area contributed by atoms with Crippen molar-refractivity contribution in [2.24, 2.45) is 0 Å². The molecule has 6 nitrogen and oxygen atoms in total. The first-order valence-corrected chi connectivity index (χ1v) is 8.99. The molecule has 0 radical (unpaired) electrons. The summed E-state index contributed by atoms with van der Waals surface area (Å²) in [6.07, 6.45) is -5.95. The number of alkyl carbamates (subject to hydrolysis) is 1. The van der Waals surface area contributed by atoms with Gasteiger partial charge in [0.25, 0.3) is 11.7 Å². The van der Waals surface area contributed by atoms with Crippen molar-refractivity contribution < 1.29 is 37.0 Å². The molecule has 1 heterocycles. The summed E-state index contributed by atoms with van der Waals surface area (Å²) >= 11 is 5.72. The minimum absolute atomic E-state index is 0.0759. The zero-order valence-electron chi connectivity index (χ0n) is 15.2. The van der Waals surface area contributed by atoms with E-state index in [2.05, 4.69) is 5.32 Å². The van der Waals surface area contributed by atoms with Crippen LogP contribution in [-0.2, 0) is 22.3 Å². The molecule has 0 bridgehead atoms. The molecule has 0 aliphatic carbocycles. The molecule has 160 valence electrons. The summed E-state index contributed by atoms with van der Waals surface area (Å²) < 4.78 is 56.1. The fourth-order valence-corrected chi connectivity index (χ4v) is 3.18. The third-order valence-electron chi connectivity index (χ3n) is 4.38. The lowest BCUT2D eigenvalue weighted by molar-refractivity contribution is -0.175. The molecule has 1 aliphatic rings. The van der Waals surface area contributed by atoms with E-state index in [0.717, 1.165) is 41.3 Å². The number of nitrogens with one attached hydrogen (secondary N) is 1. The number of ether oxygens (including phenoxy) is 1. The Kier molecular flexibility index (Phi) is 5.91. The molecule has 2 N–H and O–H groups in total. The quantitative estimate of drug-likeness (QED) is 0.552. The fraction of sp³-hybridized carbons (Fsp3) is 0.263. The molecule has 0 saturated carbocycles. The van der Waals surface area contributed by atoms with Gasteiger partial charge in [-0.3, -0.25) is 4.79 Å². The molecule has 0 aromatic heterocycles. The van der Waals surface area contributed by atoms with Crippen LogP contribution in [-0.4, -0.2) is 29.4 Å². The third-order valence-corrected chi connectivity index (χ3v) is 4.60. The molecule has 1 atom stereocenters. The van der Waals surface area contributed by atoms with Gasteiger partial charge in [0.1, 0.15) is 5.82 Å². The molecule has 30 heavy (non-hydrogen) atoms. The molecule has 2 aromatic rings. The van der Waals surface area contributed by atoms with Gasteiger partial charge in [-0.1, -0.05) is 11.6 Å². The van der Waals surface area contributed by atoms with Gasteiger partial charge in [0.05, 0.1) is 5.56 Å². The number of halogens is 5. The van der Waals surface area contributed by atoms with Gasteiger partial charge in [0.15, 0.2) is 0 Å². The number of hydrogen-bond acceptors (Lipinski definition) is 4. The molecule has 1 fully saturated rings. The predicted molar refractivity (Wildman–Crippen MR) is 98.1 cm³/mol. The lowest BCUT2D eigenvalue weighted by Gasteiger charge is -2.22. The van der Waals surface area contributed by atoms with Gasteiger partial charge in [0, 0.05) is 30.2 Å². The Morgan fingerprint density at radius 1 is 1.23 bits per heavy atom. The molecule has 11 heteroatoms. The molecule has 1 aliphatic heterocycles. The highest BCUT2D eigenvalue weighted by Gasteiger charge is 2.49. The van der Waals surface area contributed by atoms with Gasteiger partial charge >= 0.3 is 12.3 Å². The van der Waals surface area contributed by atoms with E-state index in [0.29, 0.717) is 5.56 Å². The molecule has 0 spiro atoms. The van der Waals surface area contributed by atoms with Crippen molar-refractivity contribution in [2.75, 3.05) is 11.4 Å². The number of nitrogens with zero attached hydrogens (tertiary/aromatic N) is 1. The molecule has 2 amide bonds. The highest BCUT2D eigenvalue weighted by atomic mass is 35.5. The SMILES string of the molecule is O=C(NCc1cc(F)cc(Cl)c1)O[C@@]1(O)CCN(c2ccc(C(F)(F)F)cc2)C1=O. The van der Waals surface area contributed by atoms with Crippen LogP contribution in [0.15, 0.2) is 42.5 Å². The number of carbonyl (C=O) groups excluding carboxylic acids is 2. The van der Waals surface area contributed by atoms with Crippen LogP contribution in [0.25, 0.3) is 0 Å². The number of anilines is 1. The highest BCUT2D eigenvalue weighted by molar-refractivity contribution is 6.30. The van der Waals surface area contributed by atoms with Crippen LogP contribution in [0.3, 0.4) is 0 Å². The Hall–Kier alpha value is -2.85. The van der Waals surface area contributed by atoms with E-state index >= 15 is 0 Å². The second-order valence-corrected chi connectivity index (χ2v) is 6.99. The van der Waals surface area contributed by atoms with Crippen LogP contribution in [0.2, 0.25) is 5.02 Å². The topological polar surface area (TPSA) is 78.9 Å². The van der Waals surface area contributed by atoms with E-state index in [4.69, 9.17) is 16.3 Å². The van der Waals surface area contributed by atoms with Gasteiger partial charge in [-0.15, -0.1) is 0 Å². The van der Waals surface area contributed by atoms with Crippen molar-refractivity contribution in [1.82, 2.24) is 5.32 Å². The van der Waals surface area contributed by atoms with Gasteiger partial charge in [0.2, 0.25) is 0 Å². The summed E-state index contributed by atoms with van der Waals surface area (Å²) in [5.74, 6) is -4.08. The minimum Gasteiger partial charge on any atom is -0.407 e. The average Bonchev–Trinajstić information content (AvgIpc) is 2.93. The van der Waals surface area contributed by atoms with Crippen LogP contribution in [0.1, 0.15) is 17.5 Å². The Morgan fingerprint density at radius 2 is 1.90 bits per heavy atom. The first-order valence-electron chi connectivity index (χ1n) is 8.61. The fourth-order valence-electron chi connectivity index (χ4n) is 2.93. The van der Waals surface area contributed by atoms with E-state index in [-0.39, 0.29) is 30.2 Å². The Labute approximate surface area is 173 Å². The Bertz CT molecular complexity index is 948. The second-order valence-electron chi connectivity index (χ2n) is 6.56. The first-order chi connectivity index (χ1) is 14.0. The Balaban J connectivity index is 1.62. The van der Waals surface area contributed by atoms with Crippen molar-refractivity contribution in [2.45, 2.75) is 24.9 Å². The van der Waals surface area contributed by atoms with Crippen molar-refractivity contribution in [1.29, 1.82) is 0 Å². The van der Waals surface area contributed by atoms with Crippen molar-refractivity contribution in [3.05, 3.63) is 64.4 Å². The number of amides is 2. The zero-order valence-corrected chi connectivity index (χ0v) is 15.9. The second kappa shape index (κ2) is 8.11. The summed E-state index contributed by atoms with van der Waals surface area (Å²) in [5.41, 5.74) is -0.448. The van der Waals surface area contributed by atoms with Crippen molar-refractivity contribution in [3.63, 3.8) is 0 Å². The number of hydrogen-bond donors (Lipinski definition) is 2. The van der Waals surface area contributed by atoms with Crippen LogP contribution in [0.5, 0.6) is 0 Å². The minimum atomic E-state index is -4.53. The lowest BCUT2D eigenvalue weighted by Crippen LogP contribution is -2.46. The largest absolute Gasteiger partial charge is 0.416 e. The summed E-state index contributed by atoms with van der Waals surface area (Å²) in [5, 5.41) is 12.8. The molecule has 2 aromatic carbocycles. The molecule has 0 unspecified atom stereocenters. The predicted octanol–water partition coefficient (Wildman–Crippen LogP) is 3.85. The van der Waals surface area contributed by atoms with Gasteiger partial charge in [-0.25, -0.2) is 9.18 Å². The van der Waals surface area contributed by atoms with Gasteiger partial charge < -0.3 is 20.1 Å². The number of carbonyl (C=O) groups is 2. The lowest BCUT2D eigenvalue weighted by atomic mass is 10.2. The molecular weight excluding hydrogens is 432 g/mol. The maximum Gasteiger partial charge on any atom is 0.416 e. The zero-order chi connectivity index (χ0) is 22.1. The monoisotopic (exact) mass is 446 g/mol. The maximum absolute atomic E-state index is 13.3. The van der Waals surface area contributed by atoms with E-state index in [1.807, 2.05) is 0 Å². The maximum atomic E-state index is 13.3. The van der Waals surface area contributed by atoms with Gasteiger partial charge in [-0.2, -0.15) is 13.2 Å². The normalized spacial score (nSPS) is 19.1. The van der Waals surface area contributed by atoms with Crippen molar-refractivity contribution >= 4 is 29.3 Å². The standard InChI is InChI=1S/C19H15ClF4N2O4/c20-13-7-11(8-14(21)9-13)10-25-17(28)30-18(29)5-6-26(16(18)27)15-3-1-12(2-4-15)19(22,23)24/h1-4,7-9,29H,5-6,10H2,(H,25,28)/t18-/m0/s1. The summed E-state index contributed by atoms with van der Waals surface area (Å²) in [6.45, 7) is -0.253.